The molecule has 4 nitrogen and oxygen atoms in total. The van der Waals surface area contributed by atoms with Crippen molar-refractivity contribution in [2.75, 3.05) is 0 Å². The molecule has 0 atom stereocenters. The number of nitrogens with zero attached hydrogens (tertiary/aromatic N) is 1. The Labute approximate surface area is 126 Å². The Kier molecular flexibility index (Phi) is 5.39. The van der Waals surface area contributed by atoms with Crippen LogP contribution in [0.25, 0.3) is 0 Å². The third-order valence-electron chi connectivity index (χ3n) is 3.21. The van der Waals surface area contributed by atoms with Crippen molar-refractivity contribution in [3.63, 3.8) is 0 Å². The molecule has 1 heterocycles. The molecule has 0 aliphatic heterocycles. The van der Waals surface area contributed by atoms with Crippen molar-refractivity contribution < 1.29 is 9.26 Å². The maximum Gasteiger partial charge on any atom is 0.174 e. The summed E-state index contributed by atoms with van der Waals surface area (Å²) in [7, 11) is 0. The highest BCUT2D eigenvalue weighted by atomic mass is 16.5. The van der Waals surface area contributed by atoms with Gasteiger partial charge in [0.15, 0.2) is 5.76 Å². The fourth-order valence-corrected chi connectivity index (χ4v) is 2.05. The molecule has 1 aromatic carbocycles. The summed E-state index contributed by atoms with van der Waals surface area (Å²) in [6, 6.07) is 10.5. The van der Waals surface area contributed by atoms with E-state index in [2.05, 4.69) is 44.2 Å². The SMILES string of the molecule is CC(C)NCc1cc(COc2ccccc2C(C)C)on1. The van der Waals surface area contributed by atoms with Crippen LogP contribution in [0.15, 0.2) is 34.9 Å². The average Bonchev–Trinajstić information content (AvgIpc) is 2.91. The Morgan fingerprint density at radius 2 is 1.95 bits per heavy atom. The number of hydrogen-bond acceptors (Lipinski definition) is 4. The molecule has 21 heavy (non-hydrogen) atoms. The Bertz CT molecular complexity index is 561. The molecule has 4 heteroatoms. The predicted octanol–water partition coefficient (Wildman–Crippen LogP) is 3.88. The van der Waals surface area contributed by atoms with Crippen LogP contribution in [0.2, 0.25) is 0 Å². The van der Waals surface area contributed by atoms with E-state index in [0.717, 1.165) is 17.2 Å². The van der Waals surface area contributed by atoms with Crippen LogP contribution in [0.5, 0.6) is 5.75 Å². The lowest BCUT2D eigenvalue weighted by molar-refractivity contribution is 0.246. The van der Waals surface area contributed by atoms with Gasteiger partial charge in [-0.05, 0) is 17.5 Å². The summed E-state index contributed by atoms with van der Waals surface area (Å²) in [5.41, 5.74) is 2.11. The quantitative estimate of drug-likeness (QED) is 0.840. The maximum atomic E-state index is 5.87. The maximum absolute atomic E-state index is 5.87. The second-order valence-corrected chi connectivity index (χ2v) is 5.80. The fourth-order valence-electron chi connectivity index (χ4n) is 2.05. The summed E-state index contributed by atoms with van der Waals surface area (Å²) >= 11 is 0. The lowest BCUT2D eigenvalue weighted by Gasteiger charge is -2.12. The van der Waals surface area contributed by atoms with Gasteiger partial charge in [-0.25, -0.2) is 0 Å². The summed E-state index contributed by atoms with van der Waals surface area (Å²) in [6.45, 7) is 9.64. The molecule has 0 fully saturated rings. The van der Waals surface area contributed by atoms with Crippen LogP contribution in [0.1, 0.15) is 50.6 Å². The van der Waals surface area contributed by atoms with Crippen LogP contribution in [-0.2, 0) is 13.2 Å². The van der Waals surface area contributed by atoms with E-state index in [9.17, 15) is 0 Å². The van der Waals surface area contributed by atoms with Crippen molar-refractivity contribution >= 4 is 0 Å². The molecule has 0 spiro atoms. The van der Waals surface area contributed by atoms with Crippen LogP contribution in [0.4, 0.5) is 0 Å². The molecule has 114 valence electrons. The van der Waals surface area contributed by atoms with E-state index < -0.39 is 0 Å². The van der Waals surface area contributed by atoms with Crippen LogP contribution in [-0.4, -0.2) is 11.2 Å². The lowest BCUT2D eigenvalue weighted by Crippen LogP contribution is -2.21. The largest absolute Gasteiger partial charge is 0.485 e. The first-order valence-corrected chi connectivity index (χ1v) is 7.46. The molecular formula is C17H24N2O2. The van der Waals surface area contributed by atoms with Gasteiger partial charge in [0.2, 0.25) is 0 Å². The van der Waals surface area contributed by atoms with E-state index in [4.69, 9.17) is 9.26 Å². The molecule has 0 unspecified atom stereocenters. The van der Waals surface area contributed by atoms with E-state index in [1.54, 1.807) is 0 Å². The van der Waals surface area contributed by atoms with Crippen molar-refractivity contribution in [3.8, 4) is 5.75 Å². The van der Waals surface area contributed by atoms with E-state index in [1.807, 2.05) is 24.3 Å². The predicted molar refractivity (Wildman–Crippen MR) is 83.3 cm³/mol. The summed E-state index contributed by atoms with van der Waals surface area (Å²) < 4.78 is 11.2. The van der Waals surface area contributed by atoms with Gasteiger partial charge in [-0.15, -0.1) is 0 Å². The Morgan fingerprint density at radius 3 is 2.67 bits per heavy atom. The van der Waals surface area contributed by atoms with Crippen molar-refractivity contribution in [3.05, 3.63) is 47.3 Å². The molecule has 0 aliphatic carbocycles. The van der Waals surface area contributed by atoms with Gasteiger partial charge in [-0.1, -0.05) is 51.1 Å². The molecule has 0 saturated carbocycles. The number of benzene rings is 1. The zero-order valence-corrected chi connectivity index (χ0v) is 13.2. The Hall–Kier alpha value is -1.81. The van der Waals surface area contributed by atoms with Crippen molar-refractivity contribution in [2.24, 2.45) is 0 Å². The fraction of sp³-hybridized carbons (Fsp3) is 0.471. The zero-order chi connectivity index (χ0) is 15.2. The zero-order valence-electron chi connectivity index (χ0n) is 13.2. The molecule has 2 aromatic rings. The van der Waals surface area contributed by atoms with Crippen LogP contribution in [0.3, 0.4) is 0 Å². The second-order valence-electron chi connectivity index (χ2n) is 5.80. The standard InChI is InChI=1S/C17H24N2O2/c1-12(2)16-7-5-6-8-17(16)20-11-15-9-14(19-21-15)10-18-13(3)4/h5-9,12-13,18H,10-11H2,1-4H3. The number of nitrogens with one attached hydrogen (secondary N) is 1. The minimum atomic E-state index is 0.401. The van der Waals surface area contributed by atoms with Gasteiger partial charge >= 0.3 is 0 Å². The summed E-state index contributed by atoms with van der Waals surface area (Å²) in [6.07, 6.45) is 0. The van der Waals surface area contributed by atoms with E-state index in [-0.39, 0.29) is 0 Å². The van der Waals surface area contributed by atoms with E-state index in [0.29, 0.717) is 25.1 Å². The number of rotatable bonds is 7. The third kappa shape index (κ3) is 4.60. The summed E-state index contributed by atoms with van der Waals surface area (Å²) in [5.74, 6) is 2.08. The van der Waals surface area contributed by atoms with Crippen LogP contribution in [0, 0.1) is 0 Å². The van der Waals surface area contributed by atoms with Crippen molar-refractivity contribution in [1.82, 2.24) is 10.5 Å². The third-order valence-corrected chi connectivity index (χ3v) is 3.21. The summed E-state index contributed by atoms with van der Waals surface area (Å²) in [5, 5.41) is 7.35. The highest BCUT2D eigenvalue weighted by Crippen LogP contribution is 2.26. The monoisotopic (exact) mass is 288 g/mol. The van der Waals surface area contributed by atoms with Gasteiger partial charge in [-0.3, -0.25) is 0 Å². The number of hydrogen-bond donors (Lipinski definition) is 1. The van der Waals surface area contributed by atoms with Gasteiger partial charge in [0, 0.05) is 18.7 Å². The van der Waals surface area contributed by atoms with Gasteiger partial charge in [0.25, 0.3) is 0 Å². The van der Waals surface area contributed by atoms with Crippen molar-refractivity contribution in [2.45, 2.75) is 52.8 Å². The molecule has 1 aromatic heterocycles. The highest BCUT2D eigenvalue weighted by molar-refractivity contribution is 5.35. The van der Waals surface area contributed by atoms with Gasteiger partial charge in [-0.2, -0.15) is 0 Å². The first-order chi connectivity index (χ1) is 10.1. The minimum absolute atomic E-state index is 0.401. The van der Waals surface area contributed by atoms with Gasteiger partial charge in [0.05, 0.1) is 5.69 Å². The normalized spacial score (nSPS) is 11.3. The molecule has 1 N–H and O–H groups in total. The molecule has 0 amide bonds. The number of ether oxygens (including phenoxy) is 1. The minimum Gasteiger partial charge on any atom is -0.485 e. The van der Waals surface area contributed by atoms with E-state index in [1.165, 1.54) is 5.56 Å². The van der Waals surface area contributed by atoms with Gasteiger partial charge in [0.1, 0.15) is 12.4 Å². The molecule has 0 radical (unpaired) electrons. The van der Waals surface area contributed by atoms with Crippen molar-refractivity contribution in [1.29, 1.82) is 0 Å². The first-order valence-electron chi connectivity index (χ1n) is 7.46. The molecule has 2 rings (SSSR count). The number of aromatic nitrogens is 1. The molecule has 0 aliphatic rings. The smallest absolute Gasteiger partial charge is 0.174 e. The first kappa shape index (κ1) is 15.6. The van der Waals surface area contributed by atoms with E-state index >= 15 is 0 Å². The Balaban J connectivity index is 1.94. The number of para-hydroxylation sites is 1. The van der Waals surface area contributed by atoms with Crippen LogP contribution >= 0.6 is 0 Å². The summed E-state index contributed by atoms with van der Waals surface area (Å²) in [4.78, 5) is 0. The Morgan fingerprint density at radius 1 is 1.19 bits per heavy atom. The lowest BCUT2D eigenvalue weighted by atomic mass is 10.0. The average molecular weight is 288 g/mol. The highest BCUT2D eigenvalue weighted by Gasteiger charge is 2.09. The molecule has 0 saturated heterocycles. The van der Waals surface area contributed by atoms with Gasteiger partial charge < -0.3 is 14.6 Å². The molecule has 0 bridgehead atoms. The molecular weight excluding hydrogens is 264 g/mol. The second kappa shape index (κ2) is 7.27. The van der Waals surface area contributed by atoms with Crippen LogP contribution < -0.4 is 10.1 Å². The topological polar surface area (TPSA) is 47.3 Å².